The molecule has 1 N–H and O–H groups in total. The second-order valence-electron chi connectivity index (χ2n) is 9.13. The zero-order chi connectivity index (χ0) is 21.9. The van der Waals surface area contributed by atoms with Crippen molar-refractivity contribution in [3.63, 3.8) is 0 Å². The van der Waals surface area contributed by atoms with Crippen molar-refractivity contribution in [1.82, 2.24) is 15.1 Å². The van der Waals surface area contributed by atoms with Gasteiger partial charge in [0.25, 0.3) is 0 Å². The van der Waals surface area contributed by atoms with Gasteiger partial charge in [-0.2, -0.15) is 13.2 Å². The van der Waals surface area contributed by atoms with Gasteiger partial charge in [0.1, 0.15) is 0 Å². The van der Waals surface area contributed by atoms with Crippen LogP contribution in [0.15, 0.2) is 29.3 Å². The topological polar surface area (TPSA) is 40.1 Å². The molecule has 5 nitrogen and oxygen atoms in total. The van der Waals surface area contributed by atoms with E-state index in [9.17, 15) is 13.2 Å². The maximum Gasteiger partial charge on any atom is 0.416 e. The summed E-state index contributed by atoms with van der Waals surface area (Å²) in [5.74, 6) is 1.47. The van der Waals surface area contributed by atoms with Crippen molar-refractivity contribution < 1.29 is 17.9 Å². The summed E-state index contributed by atoms with van der Waals surface area (Å²) < 4.78 is 45.1. The third kappa shape index (κ3) is 5.88. The molecule has 1 unspecified atom stereocenters. The first-order chi connectivity index (χ1) is 14.9. The summed E-state index contributed by atoms with van der Waals surface area (Å²) in [5.41, 5.74) is -0.0290. The maximum atomic E-state index is 13.2. The van der Waals surface area contributed by atoms with Crippen LogP contribution in [0.5, 0.6) is 0 Å². The third-order valence-electron chi connectivity index (χ3n) is 7.12. The van der Waals surface area contributed by atoms with Crippen molar-refractivity contribution >= 4 is 29.9 Å². The molecule has 180 valence electrons. The number of alkyl halides is 3. The highest BCUT2D eigenvalue weighted by Gasteiger charge is 2.41. The normalized spacial score (nSPS) is 24.1. The van der Waals surface area contributed by atoms with Gasteiger partial charge in [-0.3, -0.25) is 9.89 Å². The van der Waals surface area contributed by atoms with E-state index in [0.717, 1.165) is 89.2 Å². The molecule has 0 aromatic heterocycles. The quantitative estimate of drug-likeness (QED) is 0.333. The average molecular weight is 566 g/mol. The fraction of sp³-hybridized carbons (Fsp3) is 0.696. The predicted molar refractivity (Wildman–Crippen MR) is 131 cm³/mol. The van der Waals surface area contributed by atoms with Gasteiger partial charge < -0.3 is 15.0 Å². The molecule has 0 amide bonds. The van der Waals surface area contributed by atoms with E-state index in [2.05, 4.69) is 20.1 Å². The lowest BCUT2D eigenvalue weighted by atomic mass is 9.64. The van der Waals surface area contributed by atoms with Crippen molar-refractivity contribution in [2.45, 2.75) is 37.3 Å². The van der Waals surface area contributed by atoms with Crippen LogP contribution in [-0.2, 0) is 16.3 Å². The molecular formula is C23H34F3IN4O. The number of aliphatic imine (C=N–C) groups is 1. The molecule has 2 saturated heterocycles. The zero-order valence-corrected chi connectivity index (χ0v) is 21.0. The lowest BCUT2D eigenvalue weighted by Gasteiger charge is -2.43. The number of ether oxygens (including phenoxy) is 1. The highest BCUT2D eigenvalue weighted by Crippen LogP contribution is 2.44. The van der Waals surface area contributed by atoms with Crippen LogP contribution in [0.1, 0.15) is 36.8 Å². The van der Waals surface area contributed by atoms with E-state index < -0.39 is 11.7 Å². The smallest absolute Gasteiger partial charge is 0.379 e. The molecule has 1 atom stereocenters. The number of morpholine rings is 1. The van der Waals surface area contributed by atoms with Crippen LogP contribution in [0.4, 0.5) is 13.2 Å². The van der Waals surface area contributed by atoms with E-state index in [-0.39, 0.29) is 29.4 Å². The van der Waals surface area contributed by atoms with Crippen LogP contribution >= 0.6 is 24.0 Å². The zero-order valence-electron chi connectivity index (χ0n) is 18.7. The molecule has 3 fully saturated rings. The Morgan fingerprint density at radius 3 is 2.59 bits per heavy atom. The first kappa shape index (κ1) is 25.6. The van der Waals surface area contributed by atoms with Crippen LogP contribution in [0.25, 0.3) is 0 Å². The molecule has 0 radical (unpaired) electrons. The molecule has 2 aliphatic heterocycles. The molecule has 1 aromatic rings. The van der Waals surface area contributed by atoms with E-state index in [0.29, 0.717) is 12.5 Å². The maximum absolute atomic E-state index is 13.2. The van der Waals surface area contributed by atoms with E-state index in [1.165, 1.54) is 12.1 Å². The Morgan fingerprint density at radius 1 is 1.22 bits per heavy atom. The summed E-state index contributed by atoms with van der Waals surface area (Å²) >= 11 is 0. The second-order valence-corrected chi connectivity index (χ2v) is 9.13. The number of likely N-dealkylation sites (tertiary alicyclic amines) is 1. The van der Waals surface area contributed by atoms with Gasteiger partial charge >= 0.3 is 6.18 Å². The summed E-state index contributed by atoms with van der Waals surface area (Å²) in [6.45, 7) is 7.27. The average Bonchev–Trinajstić information content (AvgIpc) is 3.18. The minimum absolute atomic E-state index is 0. The van der Waals surface area contributed by atoms with Crippen molar-refractivity contribution in [3.8, 4) is 0 Å². The Bertz CT molecular complexity index is 779. The van der Waals surface area contributed by atoms with Crippen LogP contribution in [0, 0.1) is 5.92 Å². The minimum atomic E-state index is -4.31. The standard InChI is InChI=1S/C23H33F3N4O.HI/c1-27-21(30-9-6-18(16-30)15-29-10-12-31-13-11-29)28-17-22(7-3-8-22)19-4-2-5-20(14-19)23(24,25)26;/h2,4-5,14,18H,3,6-13,15-17H2,1H3,(H,27,28);1H. The number of guanidine groups is 1. The SMILES string of the molecule is CN=C(NCC1(c2cccc(C(F)(F)F)c2)CCC1)N1CCC(CN2CCOCC2)C1.I. The Balaban J connectivity index is 0.00000289. The first-order valence-corrected chi connectivity index (χ1v) is 11.3. The Labute approximate surface area is 205 Å². The number of hydrogen-bond donors (Lipinski definition) is 1. The number of rotatable bonds is 5. The van der Waals surface area contributed by atoms with Gasteiger partial charge in [0.2, 0.25) is 0 Å². The summed E-state index contributed by atoms with van der Waals surface area (Å²) in [4.78, 5) is 9.25. The number of nitrogens with one attached hydrogen (secondary N) is 1. The summed E-state index contributed by atoms with van der Waals surface area (Å²) in [7, 11) is 1.79. The molecule has 4 rings (SSSR count). The Hall–Kier alpha value is -1.07. The van der Waals surface area contributed by atoms with Gasteiger partial charge in [-0.25, -0.2) is 0 Å². The Kier molecular flexibility index (Phi) is 8.71. The minimum Gasteiger partial charge on any atom is -0.379 e. The van der Waals surface area contributed by atoms with E-state index in [1.807, 2.05) is 6.07 Å². The van der Waals surface area contributed by atoms with E-state index >= 15 is 0 Å². The van der Waals surface area contributed by atoms with Gasteiger partial charge in [-0.1, -0.05) is 24.6 Å². The molecule has 1 saturated carbocycles. The van der Waals surface area contributed by atoms with Gasteiger partial charge in [0.05, 0.1) is 18.8 Å². The highest BCUT2D eigenvalue weighted by atomic mass is 127. The van der Waals surface area contributed by atoms with E-state index in [1.54, 1.807) is 7.05 Å². The lowest BCUT2D eigenvalue weighted by molar-refractivity contribution is -0.137. The van der Waals surface area contributed by atoms with Crippen LogP contribution in [-0.4, -0.2) is 75.3 Å². The lowest BCUT2D eigenvalue weighted by Crippen LogP contribution is -2.50. The molecule has 2 heterocycles. The summed E-state index contributed by atoms with van der Waals surface area (Å²) in [6, 6.07) is 5.86. The van der Waals surface area contributed by atoms with Crippen molar-refractivity contribution in [2.75, 3.05) is 59.5 Å². The van der Waals surface area contributed by atoms with Crippen molar-refractivity contribution in [1.29, 1.82) is 0 Å². The molecule has 1 aromatic carbocycles. The summed E-state index contributed by atoms with van der Waals surface area (Å²) in [6.07, 6.45) is -0.329. The molecule has 1 aliphatic carbocycles. The van der Waals surface area contributed by atoms with Crippen molar-refractivity contribution in [3.05, 3.63) is 35.4 Å². The third-order valence-corrected chi connectivity index (χ3v) is 7.12. The second kappa shape index (κ2) is 10.9. The fourth-order valence-corrected chi connectivity index (χ4v) is 5.10. The van der Waals surface area contributed by atoms with Crippen LogP contribution in [0.2, 0.25) is 0 Å². The largest absolute Gasteiger partial charge is 0.416 e. The Morgan fingerprint density at radius 2 is 1.97 bits per heavy atom. The molecule has 3 aliphatic rings. The fourth-order valence-electron chi connectivity index (χ4n) is 5.10. The first-order valence-electron chi connectivity index (χ1n) is 11.3. The molecule has 32 heavy (non-hydrogen) atoms. The molecule has 0 bridgehead atoms. The van der Waals surface area contributed by atoms with Gasteiger partial charge in [-0.15, -0.1) is 24.0 Å². The highest BCUT2D eigenvalue weighted by molar-refractivity contribution is 14.0. The number of nitrogens with zero attached hydrogens (tertiary/aromatic N) is 3. The van der Waals surface area contributed by atoms with Gasteiger partial charge in [0.15, 0.2) is 5.96 Å². The van der Waals surface area contributed by atoms with E-state index in [4.69, 9.17) is 4.74 Å². The van der Waals surface area contributed by atoms with Crippen molar-refractivity contribution in [2.24, 2.45) is 10.9 Å². The van der Waals surface area contributed by atoms with Gasteiger partial charge in [0, 0.05) is 51.7 Å². The van der Waals surface area contributed by atoms with Gasteiger partial charge in [-0.05, 0) is 36.8 Å². The number of hydrogen-bond acceptors (Lipinski definition) is 3. The molecule has 0 spiro atoms. The number of halogens is 4. The van der Waals surface area contributed by atoms with Crippen LogP contribution in [0.3, 0.4) is 0 Å². The molecule has 9 heteroatoms. The van der Waals surface area contributed by atoms with Crippen LogP contribution < -0.4 is 5.32 Å². The monoisotopic (exact) mass is 566 g/mol. The molecular weight excluding hydrogens is 532 g/mol. The summed E-state index contributed by atoms with van der Waals surface area (Å²) in [5, 5.41) is 3.50. The number of benzene rings is 1. The predicted octanol–water partition coefficient (Wildman–Crippen LogP) is 3.97.